The Morgan fingerprint density at radius 3 is 2.44 bits per heavy atom. The number of alkyl halides is 3. The number of hydrogen-bond donors (Lipinski definition) is 1. The van der Waals surface area contributed by atoms with Crippen LogP contribution in [0.2, 0.25) is 10.0 Å². The predicted octanol–water partition coefficient (Wildman–Crippen LogP) is 3.64. The van der Waals surface area contributed by atoms with E-state index in [4.69, 9.17) is 28.9 Å². The second-order valence-corrected chi connectivity index (χ2v) is 4.11. The first kappa shape index (κ1) is 13.0. The highest BCUT2D eigenvalue weighted by Gasteiger charge is 2.37. The lowest BCUT2D eigenvalue weighted by molar-refractivity contribution is -0.146. The van der Waals surface area contributed by atoms with Crippen molar-refractivity contribution in [2.24, 2.45) is 0 Å². The van der Waals surface area contributed by atoms with Crippen LogP contribution in [0.4, 0.5) is 18.9 Å². The first-order chi connectivity index (χ1) is 8.29. The summed E-state index contributed by atoms with van der Waals surface area (Å²) in [6.07, 6.45) is -4.70. The molecule has 1 aromatic carbocycles. The standard InChI is InChI=1S/C9H4Cl2F3N3O/c10-3-1-4(6(15)5(11)2-3)7-16-8(17-18-7)9(12,13)14/h1-2H,15H2. The molecular weight excluding hydrogens is 294 g/mol. The van der Waals surface area contributed by atoms with Crippen molar-refractivity contribution in [1.29, 1.82) is 0 Å². The molecular formula is C9H4Cl2F3N3O. The quantitative estimate of drug-likeness (QED) is 0.816. The summed E-state index contributed by atoms with van der Waals surface area (Å²) < 4.78 is 41.4. The van der Waals surface area contributed by atoms with E-state index in [0.717, 1.165) is 0 Å². The van der Waals surface area contributed by atoms with Crippen molar-refractivity contribution in [3.8, 4) is 11.5 Å². The first-order valence-electron chi connectivity index (χ1n) is 4.45. The molecule has 0 saturated heterocycles. The summed E-state index contributed by atoms with van der Waals surface area (Å²) in [4.78, 5) is 3.19. The molecule has 2 N–H and O–H groups in total. The number of halogens is 5. The fraction of sp³-hybridized carbons (Fsp3) is 0.111. The molecule has 18 heavy (non-hydrogen) atoms. The third-order valence-electron chi connectivity index (χ3n) is 2.00. The number of rotatable bonds is 1. The van der Waals surface area contributed by atoms with Gasteiger partial charge in [-0.3, -0.25) is 0 Å². The lowest BCUT2D eigenvalue weighted by Crippen LogP contribution is -2.07. The second-order valence-electron chi connectivity index (χ2n) is 3.27. The Labute approximate surface area is 108 Å². The van der Waals surface area contributed by atoms with Gasteiger partial charge in [0.05, 0.1) is 16.3 Å². The van der Waals surface area contributed by atoms with Gasteiger partial charge in [-0.15, -0.1) is 0 Å². The van der Waals surface area contributed by atoms with Gasteiger partial charge in [0.2, 0.25) is 0 Å². The van der Waals surface area contributed by atoms with Crippen molar-refractivity contribution in [1.82, 2.24) is 10.1 Å². The second kappa shape index (κ2) is 4.33. The highest BCUT2D eigenvalue weighted by Crippen LogP contribution is 2.35. The summed E-state index contributed by atoms with van der Waals surface area (Å²) in [7, 11) is 0. The Morgan fingerprint density at radius 2 is 1.89 bits per heavy atom. The molecule has 0 atom stereocenters. The summed E-state index contributed by atoms with van der Waals surface area (Å²) in [5.41, 5.74) is 5.67. The third-order valence-corrected chi connectivity index (χ3v) is 2.54. The number of nitrogens with zero attached hydrogens (tertiary/aromatic N) is 2. The van der Waals surface area contributed by atoms with Gasteiger partial charge in [-0.05, 0) is 12.1 Å². The minimum Gasteiger partial charge on any atom is -0.397 e. The average Bonchev–Trinajstić information content (AvgIpc) is 2.71. The van der Waals surface area contributed by atoms with Gasteiger partial charge in [-0.1, -0.05) is 28.4 Å². The molecule has 9 heteroatoms. The monoisotopic (exact) mass is 297 g/mol. The normalized spacial score (nSPS) is 11.8. The van der Waals surface area contributed by atoms with Crippen LogP contribution >= 0.6 is 23.2 Å². The fourth-order valence-corrected chi connectivity index (χ4v) is 1.70. The van der Waals surface area contributed by atoms with Gasteiger partial charge in [0.1, 0.15) is 0 Å². The summed E-state index contributed by atoms with van der Waals surface area (Å²) in [5.74, 6) is -1.79. The molecule has 2 aromatic rings. The van der Waals surface area contributed by atoms with Crippen LogP contribution in [0.25, 0.3) is 11.5 Å². The minimum atomic E-state index is -4.70. The lowest BCUT2D eigenvalue weighted by Gasteiger charge is -2.03. The minimum absolute atomic E-state index is 0.0124. The van der Waals surface area contributed by atoms with Crippen LogP contribution in [0.3, 0.4) is 0 Å². The number of nitrogens with two attached hydrogens (primary N) is 1. The van der Waals surface area contributed by atoms with Crippen LogP contribution in [0.15, 0.2) is 16.7 Å². The van der Waals surface area contributed by atoms with Gasteiger partial charge in [0, 0.05) is 5.02 Å². The zero-order valence-electron chi connectivity index (χ0n) is 8.42. The van der Waals surface area contributed by atoms with Crippen molar-refractivity contribution in [3.05, 3.63) is 28.0 Å². The molecule has 0 aliphatic heterocycles. The fourth-order valence-electron chi connectivity index (χ4n) is 1.21. The topological polar surface area (TPSA) is 64.9 Å². The van der Waals surface area contributed by atoms with Crippen LogP contribution in [0, 0.1) is 0 Å². The molecule has 1 heterocycles. The number of aromatic nitrogens is 2. The number of anilines is 1. The molecule has 0 amide bonds. The molecule has 0 unspecified atom stereocenters. The van der Waals surface area contributed by atoms with E-state index >= 15 is 0 Å². The highest BCUT2D eigenvalue weighted by atomic mass is 35.5. The lowest BCUT2D eigenvalue weighted by atomic mass is 10.2. The van der Waals surface area contributed by atoms with Gasteiger partial charge < -0.3 is 10.3 Å². The van der Waals surface area contributed by atoms with Crippen LogP contribution in [-0.2, 0) is 6.18 Å². The molecule has 0 fully saturated rings. The molecule has 0 bridgehead atoms. The summed E-state index contributed by atoms with van der Waals surface area (Å²) >= 11 is 11.5. The van der Waals surface area contributed by atoms with E-state index < -0.39 is 17.9 Å². The van der Waals surface area contributed by atoms with E-state index in [1.807, 2.05) is 0 Å². The van der Waals surface area contributed by atoms with Crippen molar-refractivity contribution < 1.29 is 17.7 Å². The van der Waals surface area contributed by atoms with Crippen molar-refractivity contribution in [2.45, 2.75) is 6.18 Å². The van der Waals surface area contributed by atoms with Crippen LogP contribution < -0.4 is 5.73 Å². The average molecular weight is 298 g/mol. The largest absolute Gasteiger partial charge is 0.455 e. The molecule has 0 spiro atoms. The molecule has 0 radical (unpaired) electrons. The van der Waals surface area contributed by atoms with Gasteiger partial charge in [0.25, 0.3) is 11.7 Å². The van der Waals surface area contributed by atoms with Gasteiger partial charge in [-0.2, -0.15) is 18.2 Å². The van der Waals surface area contributed by atoms with Gasteiger partial charge >= 0.3 is 6.18 Å². The number of nitrogen functional groups attached to an aromatic ring is 1. The smallest absolute Gasteiger partial charge is 0.397 e. The van der Waals surface area contributed by atoms with Crippen LogP contribution in [-0.4, -0.2) is 10.1 Å². The van der Waals surface area contributed by atoms with Crippen molar-refractivity contribution in [2.75, 3.05) is 5.73 Å². The predicted molar refractivity (Wildman–Crippen MR) is 59.2 cm³/mol. The van der Waals surface area contributed by atoms with Crippen LogP contribution in [0.5, 0.6) is 0 Å². The van der Waals surface area contributed by atoms with E-state index in [0.29, 0.717) is 0 Å². The molecule has 4 nitrogen and oxygen atoms in total. The Kier molecular flexibility index (Phi) is 3.12. The van der Waals surface area contributed by atoms with E-state index in [1.165, 1.54) is 12.1 Å². The van der Waals surface area contributed by atoms with Gasteiger partial charge in [-0.25, -0.2) is 0 Å². The number of hydrogen-bond acceptors (Lipinski definition) is 4. The first-order valence-corrected chi connectivity index (χ1v) is 5.20. The maximum atomic E-state index is 12.3. The Bertz CT molecular complexity index is 597. The zero-order chi connectivity index (χ0) is 13.5. The highest BCUT2D eigenvalue weighted by molar-refractivity contribution is 6.37. The SMILES string of the molecule is Nc1c(Cl)cc(Cl)cc1-c1nc(C(F)(F)F)no1. The molecule has 0 aliphatic carbocycles. The molecule has 0 aliphatic rings. The molecule has 0 saturated carbocycles. The van der Waals surface area contributed by atoms with E-state index in [2.05, 4.69) is 14.7 Å². The Balaban J connectivity index is 2.53. The Hall–Kier alpha value is -1.47. The van der Waals surface area contributed by atoms with Crippen molar-refractivity contribution in [3.63, 3.8) is 0 Å². The summed E-state index contributed by atoms with van der Waals surface area (Å²) in [5, 5.41) is 3.09. The maximum Gasteiger partial charge on any atom is 0.455 e. The van der Waals surface area contributed by atoms with E-state index in [1.54, 1.807) is 0 Å². The van der Waals surface area contributed by atoms with E-state index in [9.17, 15) is 13.2 Å². The zero-order valence-corrected chi connectivity index (χ0v) is 9.94. The molecule has 96 valence electrons. The van der Waals surface area contributed by atoms with Crippen molar-refractivity contribution >= 4 is 28.9 Å². The summed E-state index contributed by atoms with van der Waals surface area (Å²) in [6, 6.07) is 2.64. The Morgan fingerprint density at radius 1 is 1.22 bits per heavy atom. The molecule has 1 aromatic heterocycles. The summed E-state index contributed by atoms with van der Waals surface area (Å²) in [6.45, 7) is 0. The number of benzene rings is 1. The third kappa shape index (κ3) is 2.37. The molecule has 2 rings (SSSR count). The van der Waals surface area contributed by atoms with Crippen LogP contribution in [0.1, 0.15) is 5.82 Å². The maximum absolute atomic E-state index is 12.3. The van der Waals surface area contributed by atoms with Gasteiger partial charge in [0.15, 0.2) is 0 Å². The van der Waals surface area contributed by atoms with E-state index in [-0.39, 0.29) is 21.3 Å².